The van der Waals surface area contributed by atoms with Crippen molar-refractivity contribution < 1.29 is 4.79 Å². The van der Waals surface area contributed by atoms with Crippen molar-refractivity contribution in [2.75, 3.05) is 44.2 Å². The summed E-state index contributed by atoms with van der Waals surface area (Å²) in [7, 11) is 0. The predicted octanol–water partition coefficient (Wildman–Crippen LogP) is 5.99. The topological polar surface area (TPSA) is 88.7 Å². The summed E-state index contributed by atoms with van der Waals surface area (Å²) in [4.78, 5) is 34.1. The van der Waals surface area contributed by atoms with E-state index < -0.39 is 0 Å². The van der Waals surface area contributed by atoms with Crippen molar-refractivity contribution in [1.82, 2.24) is 19.8 Å². The highest BCUT2D eigenvalue weighted by Gasteiger charge is 2.27. The minimum atomic E-state index is -0.0581. The van der Waals surface area contributed by atoms with Gasteiger partial charge in [-0.3, -0.25) is 19.7 Å². The number of aromatic nitrogens is 2. The molecule has 232 valence electrons. The number of piperidine rings is 2. The van der Waals surface area contributed by atoms with Crippen LogP contribution >= 0.6 is 0 Å². The Morgan fingerprint density at radius 3 is 2.16 bits per heavy atom. The Kier molecular flexibility index (Phi) is 9.66. The molecule has 3 aromatic rings. The molecule has 6 rings (SSSR count). The highest BCUT2D eigenvalue weighted by atomic mass is 16.2. The van der Waals surface area contributed by atoms with Crippen LogP contribution in [0.2, 0.25) is 0 Å². The third-order valence-electron chi connectivity index (χ3n) is 9.65. The Morgan fingerprint density at radius 1 is 0.889 bits per heavy atom. The SMILES string of the molecule is C=C(c1ccc(N2CCCC2)cc1)C1CCN(C(=O)c2cnc(C(C)=NC3CCN(Cc4ccc(C#N)cc4)CC3)cn2)CC1. The summed E-state index contributed by atoms with van der Waals surface area (Å²) in [6.07, 6.45) is 9.63. The van der Waals surface area contributed by atoms with E-state index in [9.17, 15) is 4.79 Å². The molecule has 0 bridgehead atoms. The van der Waals surface area contributed by atoms with Crippen LogP contribution in [0.25, 0.3) is 5.57 Å². The number of benzene rings is 2. The molecule has 3 aliphatic heterocycles. The summed E-state index contributed by atoms with van der Waals surface area (Å²) in [6, 6.07) is 19.1. The fraction of sp³-hybridized carbons (Fsp3) is 0.432. The van der Waals surface area contributed by atoms with Crippen molar-refractivity contribution in [3.63, 3.8) is 0 Å². The van der Waals surface area contributed by atoms with Crippen LogP contribution in [-0.4, -0.2) is 76.7 Å². The maximum absolute atomic E-state index is 13.2. The van der Waals surface area contributed by atoms with E-state index >= 15 is 0 Å². The Morgan fingerprint density at radius 2 is 1.53 bits per heavy atom. The van der Waals surface area contributed by atoms with Crippen molar-refractivity contribution in [2.45, 2.75) is 58.0 Å². The number of nitriles is 1. The van der Waals surface area contributed by atoms with E-state index in [1.807, 2.05) is 36.1 Å². The van der Waals surface area contributed by atoms with Gasteiger partial charge in [0, 0.05) is 51.5 Å². The Labute approximate surface area is 267 Å². The Hall–Kier alpha value is -4.35. The molecule has 0 saturated carbocycles. The van der Waals surface area contributed by atoms with Gasteiger partial charge in [-0.05, 0) is 92.3 Å². The Balaban J connectivity index is 0.964. The molecule has 0 aliphatic carbocycles. The lowest BCUT2D eigenvalue weighted by molar-refractivity contribution is 0.0701. The van der Waals surface area contributed by atoms with Crippen LogP contribution in [0.1, 0.15) is 78.3 Å². The lowest BCUT2D eigenvalue weighted by Crippen LogP contribution is -2.39. The molecule has 1 aromatic heterocycles. The number of carbonyl (C=O) groups is 1. The number of nitrogens with zero attached hydrogens (tertiary/aromatic N) is 7. The highest BCUT2D eigenvalue weighted by Crippen LogP contribution is 2.32. The second kappa shape index (κ2) is 14.2. The first-order valence-corrected chi connectivity index (χ1v) is 16.4. The molecule has 45 heavy (non-hydrogen) atoms. The average Bonchev–Trinajstić information content (AvgIpc) is 3.64. The largest absolute Gasteiger partial charge is 0.372 e. The minimum Gasteiger partial charge on any atom is -0.372 e. The van der Waals surface area contributed by atoms with Crippen molar-refractivity contribution in [1.29, 1.82) is 5.26 Å². The van der Waals surface area contributed by atoms with Crippen LogP contribution in [0.3, 0.4) is 0 Å². The summed E-state index contributed by atoms with van der Waals surface area (Å²) in [5.41, 5.74) is 7.57. The third kappa shape index (κ3) is 7.49. The first-order chi connectivity index (χ1) is 22.0. The number of amides is 1. The van der Waals surface area contributed by atoms with Gasteiger partial charge in [0.05, 0.1) is 35.8 Å². The van der Waals surface area contributed by atoms with Crippen LogP contribution in [-0.2, 0) is 6.54 Å². The molecule has 0 N–H and O–H groups in total. The summed E-state index contributed by atoms with van der Waals surface area (Å²) >= 11 is 0. The molecule has 0 spiro atoms. The number of hydrogen-bond acceptors (Lipinski definition) is 7. The van der Waals surface area contributed by atoms with Crippen molar-refractivity contribution >= 4 is 22.9 Å². The first-order valence-electron chi connectivity index (χ1n) is 16.4. The predicted molar refractivity (Wildman–Crippen MR) is 179 cm³/mol. The van der Waals surface area contributed by atoms with Gasteiger partial charge in [-0.15, -0.1) is 0 Å². The van der Waals surface area contributed by atoms with Gasteiger partial charge in [0.25, 0.3) is 5.91 Å². The third-order valence-corrected chi connectivity index (χ3v) is 9.65. The summed E-state index contributed by atoms with van der Waals surface area (Å²) in [5.74, 6) is 0.319. The van der Waals surface area contributed by atoms with Crippen LogP contribution in [0.5, 0.6) is 0 Å². The number of rotatable bonds is 8. The van der Waals surface area contributed by atoms with Crippen LogP contribution in [0, 0.1) is 17.2 Å². The van der Waals surface area contributed by atoms with Crippen molar-refractivity contribution in [2.24, 2.45) is 10.9 Å². The van der Waals surface area contributed by atoms with Gasteiger partial charge in [0.2, 0.25) is 0 Å². The molecule has 1 amide bonds. The molecule has 3 fully saturated rings. The van der Waals surface area contributed by atoms with E-state index in [2.05, 4.69) is 56.7 Å². The molecule has 0 atom stereocenters. The summed E-state index contributed by atoms with van der Waals surface area (Å²) < 4.78 is 0. The first kappa shape index (κ1) is 30.7. The van der Waals surface area contributed by atoms with E-state index in [4.69, 9.17) is 10.3 Å². The number of hydrogen-bond donors (Lipinski definition) is 0. The van der Waals surface area contributed by atoms with Gasteiger partial charge in [0.15, 0.2) is 0 Å². The van der Waals surface area contributed by atoms with E-state index in [0.717, 1.165) is 69.8 Å². The zero-order valence-corrected chi connectivity index (χ0v) is 26.4. The molecule has 8 heteroatoms. The molecule has 0 radical (unpaired) electrons. The smallest absolute Gasteiger partial charge is 0.274 e. The fourth-order valence-corrected chi connectivity index (χ4v) is 6.81. The van der Waals surface area contributed by atoms with E-state index in [1.54, 1.807) is 12.4 Å². The van der Waals surface area contributed by atoms with E-state index in [-0.39, 0.29) is 11.9 Å². The maximum Gasteiger partial charge on any atom is 0.274 e. The van der Waals surface area contributed by atoms with Crippen LogP contribution in [0.4, 0.5) is 5.69 Å². The number of anilines is 1. The van der Waals surface area contributed by atoms with E-state index in [1.165, 1.54) is 35.2 Å². The minimum absolute atomic E-state index is 0.0581. The van der Waals surface area contributed by atoms with E-state index in [0.29, 0.717) is 30.3 Å². The highest BCUT2D eigenvalue weighted by molar-refractivity contribution is 5.97. The molecule has 0 unspecified atom stereocenters. The zero-order valence-electron chi connectivity index (χ0n) is 26.4. The summed E-state index contributed by atoms with van der Waals surface area (Å²) in [6.45, 7) is 13.0. The van der Waals surface area contributed by atoms with Gasteiger partial charge in [0.1, 0.15) is 11.4 Å². The molecule has 8 nitrogen and oxygen atoms in total. The number of likely N-dealkylation sites (tertiary alicyclic amines) is 2. The van der Waals surface area contributed by atoms with Crippen molar-refractivity contribution in [3.05, 3.63) is 95.6 Å². The lowest BCUT2D eigenvalue weighted by Gasteiger charge is -2.33. The van der Waals surface area contributed by atoms with Crippen molar-refractivity contribution in [3.8, 4) is 6.07 Å². The van der Waals surface area contributed by atoms with Crippen LogP contribution in [0.15, 0.2) is 72.5 Å². The summed E-state index contributed by atoms with van der Waals surface area (Å²) in [5, 5.41) is 9.00. The maximum atomic E-state index is 13.2. The Bertz CT molecular complexity index is 1530. The van der Waals surface area contributed by atoms with Gasteiger partial charge in [-0.1, -0.05) is 30.8 Å². The van der Waals surface area contributed by atoms with Gasteiger partial charge in [-0.2, -0.15) is 5.26 Å². The molecule has 4 heterocycles. The fourth-order valence-electron chi connectivity index (χ4n) is 6.81. The van der Waals surface area contributed by atoms with Gasteiger partial charge >= 0.3 is 0 Å². The zero-order chi connectivity index (χ0) is 31.2. The average molecular weight is 602 g/mol. The lowest BCUT2D eigenvalue weighted by atomic mass is 9.86. The normalized spacial score (nSPS) is 18.6. The monoisotopic (exact) mass is 601 g/mol. The molecule has 3 aliphatic rings. The number of carbonyl (C=O) groups excluding carboxylic acids is 1. The molecular formula is C37H43N7O. The molecule has 2 aromatic carbocycles. The molecule has 3 saturated heterocycles. The van der Waals surface area contributed by atoms with Gasteiger partial charge in [-0.25, -0.2) is 4.98 Å². The standard InChI is InChI=1S/C37H43N7O/c1-27(31-9-11-34(12-10-31)43-17-3-4-18-43)32-13-21-44(22-14-32)37(45)36-25-39-35(24-40-36)28(2)41-33-15-19-42(20-16-33)26-30-7-5-29(23-38)6-8-30/h5-12,24-25,32-33H,1,3-4,13-22,26H2,2H3. The molecular weight excluding hydrogens is 558 g/mol. The number of aliphatic imine (C=N–C) groups is 1. The second-order valence-corrected chi connectivity index (χ2v) is 12.7. The quantitative estimate of drug-likeness (QED) is 0.295. The van der Waals surface area contributed by atoms with Crippen LogP contribution < -0.4 is 4.90 Å². The second-order valence-electron chi connectivity index (χ2n) is 12.7. The van der Waals surface area contributed by atoms with Gasteiger partial charge < -0.3 is 9.80 Å². The number of allylic oxidation sites excluding steroid dienone is 1.